The van der Waals surface area contributed by atoms with E-state index in [0.29, 0.717) is 6.04 Å². The standard InChI is InChI=1S/C11H19N5/c1-3-8-7-10(16(4-2)15-8)11(14-12)13-9-5-6-9/h7,9H,3-6,12H2,1-2H3,(H,13,14). The van der Waals surface area contributed by atoms with Crippen LogP contribution in [0.3, 0.4) is 0 Å². The van der Waals surface area contributed by atoms with Gasteiger partial charge in [0.05, 0.1) is 11.7 Å². The Balaban J connectivity index is 2.31. The van der Waals surface area contributed by atoms with Gasteiger partial charge in [0.15, 0.2) is 5.84 Å². The summed E-state index contributed by atoms with van der Waals surface area (Å²) in [6.07, 6.45) is 3.28. The zero-order chi connectivity index (χ0) is 11.5. The van der Waals surface area contributed by atoms with Crippen molar-refractivity contribution >= 4 is 5.84 Å². The van der Waals surface area contributed by atoms with Gasteiger partial charge < -0.3 is 5.43 Å². The lowest BCUT2D eigenvalue weighted by Crippen LogP contribution is -2.33. The van der Waals surface area contributed by atoms with Crippen LogP contribution in [-0.2, 0) is 13.0 Å². The Morgan fingerprint density at radius 3 is 2.88 bits per heavy atom. The highest BCUT2D eigenvalue weighted by Gasteiger charge is 2.22. The number of aryl methyl sites for hydroxylation is 2. The maximum atomic E-state index is 5.53. The van der Waals surface area contributed by atoms with Crippen LogP contribution in [0.4, 0.5) is 0 Å². The molecule has 1 fully saturated rings. The van der Waals surface area contributed by atoms with Gasteiger partial charge in [-0.1, -0.05) is 6.92 Å². The monoisotopic (exact) mass is 221 g/mol. The number of amidine groups is 1. The molecule has 1 aliphatic carbocycles. The fourth-order valence-electron chi connectivity index (χ4n) is 1.64. The van der Waals surface area contributed by atoms with Gasteiger partial charge in [-0.3, -0.25) is 9.67 Å². The second-order valence-corrected chi connectivity index (χ2v) is 4.04. The van der Waals surface area contributed by atoms with Crippen molar-refractivity contribution in [3.63, 3.8) is 0 Å². The highest BCUT2D eigenvalue weighted by Crippen LogP contribution is 2.24. The molecule has 5 heteroatoms. The lowest BCUT2D eigenvalue weighted by molar-refractivity contribution is 0.640. The number of hydrazine groups is 1. The summed E-state index contributed by atoms with van der Waals surface area (Å²) in [5.74, 6) is 6.29. The Bertz CT molecular complexity index is 389. The van der Waals surface area contributed by atoms with Gasteiger partial charge in [0.1, 0.15) is 5.69 Å². The molecule has 0 aliphatic heterocycles. The largest absolute Gasteiger partial charge is 0.307 e. The first-order valence-corrected chi connectivity index (χ1v) is 5.90. The van der Waals surface area contributed by atoms with Crippen molar-refractivity contribution in [2.24, 2.45) is 10.8 Å². The van der Waals surface area contributed by atoms with E-state index in [2.05, 4.69) is 35.4 Å². The first-order valence-electron chi connectivity index (χ1n) is 5.90. The van der Waals surface area contributed by atoms with Crippen molar-refractivity contribution in [2.45, 2.75) is 45.7 Å². The summed E-state index contributed by atoms with van der Waals surface area (Å²) in [5, 5.41) is 4.48. The number of hydrogen-bond donors (Lipinski definition) is 2. The van der Waals surface area contributed by atoms with Gasteiger partial charge in [0, 0.05) is 6.54 Å². The molecule has 1 saturated carbocycles. The smallest absolute Gasteiger partial charge is 0.161 e. The van der Waals surface area contributed by atoms with Crippen LogP contribution in [0.1, 0.15) is 38.1 Å². The first-order chi connectivity index (χ1) is 7.78. The maximum Gasteiger partial charge on any atom is 0.161 e. The Morgan fingerprint density at radius 2 is 2.38 bits per heavy atom. The molecule has 1 heterocycles. The van der Waals surface area contributed by atoms with Gasteiger partial charge in [0.25, 0.3) is 0 Å². The van der Waals surface area contributed by atoms with E-state index in [-0.39, 0.29) is 0 Å². The first kappa shape index (κ1) is 11.1. The lowest BCUT2D eigenvalue weighted by Gasteiger charge is -2.07. The molecule has 0 unspecified atom stereocenters. The van der Waals surface area contributed by atoms with Crippen molar-refractivity contribution in [3.05, 3.63) is 17.5 Å². The molecule has 16 heavy (non-hydrogen) atoms. The molecule has 0 atom stereocenters. The quantitative estimate of drug-likeness (QED) is 0.342. The minimum absolute atomic E-state index is 0.455. The van der Waals surface area contributed by atoms with E-state index < -0.39 is 0 Å². The fraction of sp³-hybridized carbons (Fsp3) is 0.636. The third-order valence-electron chi connectivity index (χ3n) is 2.73. The van der Waals surface area contributed by atoms with Gasteiger partial charge in [-0.2, -0.15) is 5.10 Å². The summed E-state index contributed by atoms with van der Waals surface area (Å²) >= 11 is 0. The van der Waals surface area contributed by atoms with Crippen LogP contribution in [0.5, 0.6) is 0 Å². The number of aromatic nitrogens is 2. The normalized spacial score (nSPS) is 16.6. The predicted octanol–water partition coefficient (Wildman–Crippen LogP) is 0.838. The zero-order valence-corrected chi connectivity index (χ0v) is 9.90. The SMILES string of the molecule is CCc1cc(C(=NC2CC2)NN)n(CC)n1. The van der Waals surface area contributed by atoms with Crippen molar-refractivity contribution in [1.82, 2.24) is 15.2 Å². The van der Waals surface area contributed by atoms with Crippen molar-refractivity contribution in [2.75, 3.05) is 0 Å². The number of aliphatic imine (C=N–C) groups is 1. The number of nitrogens with two attached hydrogens (primary N) is 1. The molecule has 0 radical (unpaired) electrons. The minimum Gasteiger partial charge on any atom is -0.307 e. The van der Waals surface area contributed by atoms with Crippen LogP contribution in [0.25, 0.3) is 0 Å². The summed E-state index contributed by atoms with van der Waals surface area (Å²) in [6, 6.07) is 2.52. The van der Waals surface area contributed by atoms with Gasteiger partial charge in [-0.25, -0.2) is 5.84 Å². The molecule has 0 spiro atoms. The van der Waals surface area contributed by atoms with Crippen LogP contribution in [0.2, 0.25) is 0 Å². The minimum atomic E-state index is 0.455. The van der Waals surface area contributed by atoms with Crippen LogP contribution < -0.4 is 11.3 Å². The molecule has 88 valence electrons. The molecule has 0 saturated heterocycles. The molecule has 1 aliphatic rings. The Kier molecular flexibility index (Phi) is 3.24. The van der Waals surface area contributed by atoms with Crippen LogP contribution in [0, 0.1) is 0 Å². The highest BCUT2D eigenvalue weighted by atomic mass is 15.3. The molecular formula is C11H19N5. The molecule has 0 aromatic carbocycles. The highest BCUT2D eigenvalue weighted by molar-refractivity contribution is 5.97. The molecule has 3 N–H and O–H groups in total. The molecule has 5 nitrogen and oxygen atoms in total. The number of nitrogens with zero attached hydrogens (tertiary/aromatic N) is 3. The van der Waals surface area contributed by atoms with E-state index in [1.165, 1.54) is 12.8 Å². The molecule has 2 rings (SSSR count). The zero-order valence-electron chi connectivity index (χ0n) is 9.90. The van der Waals surface area contributed by atoms with E-state index in [1.54, 1.807) is 0 Å². The summed E-state index contributed by atoms with van der Waals surface area (Å²) in [7, 11) is 0. The molecule has 1 aromatic rings. The van der Waals surface area contributed by atoms with E-state index in [9.17, 15) is 0 Å². The topological polar surface area (TPSA) is 68.2 Å². The van der Waals surface area contributed by atoms with E-state index >= 15 is 0 Å². The average Bonchev–Trinajstić information content (AvgIpc) is 3.03. The summed E-state index contributed by atoms with van der Waals surface area (Å²) < 4.78 is 1.94. The van der Waals surface area contributed by atoms with Crippen molar-refractivity contribution in [1.29, 1.82) is 0 Å². The summed E-state index contributed by atoms with van der Waals surface area (Å²) in [6.45, 7) is 5.00. The number of rotatable bonds is 4. The number of nitrogens with one attached hydrogen (secondary N) is 1. The van der Waals surface area contributed by atoms with Gasteiger partial charge in [-0.05, 0) is 32.3 Å². The third-order valence-corrected chi connectivity index (χ3v) is 2.73. The van der Waals surface area contributed by atoms with Crippen LogP contribution in [-0.4, -0.2) is 21.7 Å². The molecule has 0 bridgehead atoms. The van der Waals surface area contributed by atoms with Gasteiger partial charge >= 0.3 is 0 Å². The summed E-state index contributed by atoms with van der Waals surface area (Å²) in [4.78, 5) is 4.55. The van der Waals surface area contributed by atoms with Gasteiger partial charge in [-0.15, -0.1) is 0 Å². The van der Waals surface area contributed by atoms with Crippen LogP contribution >= 0.6 is 0 Å². The third kappa shape index (κ3) is 2.24. The number of hydrogen-bond acceptors (Lipinski definition) is 3. The Labute approximate surface area is 95.7 Å². The average molecular weight is 221 g/mol. The predicted molar refractivity (Wildman–Crippen MR) is 64.2 cm³/mol. The van der Waals surface area contributed by atoms with Crippen molar-refractivity contribution < 1.29 is 0 Å². The van der Waals surface area contributed by atoms with E-state index in [4.69, 9.17) is 5.84 Å². The van der Waals surface area contributed by atoms with Crippen molar-refractivity contribution in [3.8, 4) is 0 Å². The summed E-state index contributed by atoms with van der Waals surface area (Å²) in [5.41, 5.74) is 4.76. The second-order valence-electron chi connectivity index (χ2n) is 4.04. The molecular weight excluding hydrogens is 202 g/mol. The Morgan fingerprint density at radius 1 is 1.62 bits per heavy atom. The van der Waals surface area contributed by atoms with Crippen LogP contribution in [0.15, 0.2) is 11.1 Å². The molecule has 1 aromatic heterocycles. The fourth-order valence-corrected chi connectivity index (χ4v) is 1.64. The van der Waals surface area contributed by atoms with Gasteiger partial charge in [0.2, 0.25) is 0 Å². The Hall–Kier alpha value is -1.36. The second kappa shape index (κ2) is 4.65. The molecule has 0 amide bonds. The van der Waals surface area contributed by atoms with E-state index in [1.807, 2.05) is 4.68 Å². The lowest BCUT2D eigenvalue weighted by atomic mass is 10.3. The maximum absolute atomic E-state index is 5.53. The van der Waals surface area contributed by atoms with E-state index in [0.717, 1.165) is 30.2 Å².